The van der Waals surface area contributed by atoms with Gasteiger partial charge in [-0.2, -0.15) is 5.10 Å². The number of nitrogens with one attached hydrogen (secondary N) is 1. The van der Waals surface area contributed by atoms with Gasteiger partial charge in [0.25, 0.3) is 5.91 Å². The summed E-state index contributed by atoms with van der Waals surface area (Å²) in [6.45, 7) is 12.2. The lowest BCUT2D eigenvalue weighted by Crippen LogP contribution is -2.35. The highest BCUT2D eigenvalue weighted by Crippen LogP contribution is 2.24. The lowest BCUT2D eigenvalue weighted by Gasteiger charge is -2.23. The van der Waals surface area contributed by atoms with Gasteiger partial charge in [-0.05, 0) is 63.4 Å². The van der Waals surface area contributed by atoms with E-state index in [-0.39, 0.29) is 29.8 Å². The van der Waals surface area contributed by atoms with Crippen LogP contribution in [0, 0.1) is 6.92 Å². The van der Waals surface area contributed by atoms with Crippen LogP contribution in [0.1, 0.15) is 62.3 Å². The van der Waals surface area contributed by atoms with Crippen LogP contribution >= 0.6 is 15.9 Å². The maximum absolute atomic E-state index is 12.8. The number of aromatic nitrogens is 2. The summed E-state index contributed by atoms with van der Waals surface area (Å²) in [5, 5.41) is 7.38. The maximum Gasteiger partial charge on any atom is 0.274 e. The van der Waals surface area contributed by atoms with Crippen LogP contribution in [0.4, 0.5) is 5.69 Å². The Morgan fingerprint density at radius 3 is 2.39 bits per heavy atom. The minimum atomic E-state index is -0.271. The number of amides is 2. The molecule has 0 unspecified atom stereocenters. The lowest BCUT2D eigenvalue weighted by atomic mass is 10.1. The van der Waals surface area contributed by atoms with Crippen molar-refractivity contribution in [3.8, 4) is 0 Å². The van der Waals surface area contributed by atoms with E-state index in [1.165, 1.54) is 4.90 Å². The van der Waals surface area contributed by atoms with Crippen molar-refractivity contribution in [2.45, 2.75) is 53.0 Å². The molecule has 7 heteroatoms. The summed E-state index contributed by atoms with van der Waals surface area (Å²) in [6, 6.07) is 7.45. The van der Waals surface area contributed by atoms with E-state index in [0.29, 0.717) is 5.69 Å². The van der Waals surface area contributed by atoms with Crippen molar-refractivity contribution in [3.05, 3.63) is 45.7 Å². The highest BCUT2D eigenvalue weighted by molar-refractivity contribution is 9.10. The van der Waals surface area contributed by atoms with Gasteiger partial charge in [0.1, 0.15) is 0 Å². The number of nitrogens with zero attached hydrogens (tertiary/aromatic N) is 3. The van der Waals surface area contributed by atoms with E-state index < -0.39 is 0 Å². The summed E-state index contributed by atoms with van der Waals surface area (Å²) in [5.74, 6) is -0.282. The molecule has 0 saturated heterocycles. The molecule has 28 heavy (non-hydrogen) atoms. The van der Waals surface area contributed by atoms with Crippen molar-refractivity contribution in [2.75, 3.05) is 18.9 Å². The summed E-state index contributed by atoms with van der Waals surface area (Å²) in [4.78, 5) is 26.6. The van der Waals surface area contributed by atoms with Crippen molar-refractivity contribution in [1.82, 2.24) is 14.7 Å². The zero-order chi connectivity index (χ0) is 21.2. The molecule has 2 amide bonds. The Hall–Kier alpha value is -2.15. The number of rotatable bonds is 5. The van der Waals surface area contributed by atoms with Gasteiger partial charge < -0.3 is 10.2 Å². The molecule has 0 aliphatic rings. The van der Waals surface area contributed by atoms with Crippen molar-refractivity contribution >= 4 is 33.4 Å². The van der Waals surface area contributed by atoms with E-state index in [2.05, 4.69) is 61.0 Å². The molecular weight excluding hydrogens is 420 g/mol. The molecule has 0 radical (unpaired) electrons. The molecule has 2 aromatic rings. The molecule has 152 valence electrons. The predicted molar refractivity (Wildman–Crippen MR) is 116 cm³/mol. The second-order valence-electron chi connectivity index (χ2n) is 8.36. The number of hydrogen-bond donors (Lipinski definition) is 1. The maximum atomic E-state index is 12.8. The Morgan fingerprint density at radius 1 is 1.25 bits per heavy atom. The summed E-state index contributed by atoms with van der Waals surface area (Å²) < 4.78 is 2.84. The first kappa shape index (κ1) is 22.1. The minimum absolute atomic E-state index is 0.0479. The van der Waals surface area contributed by atoms with E-state index >= 15 is 0 Å². The zero-order valence-electron chi connectivity index (χ0n) is 17.6. The van der Waals surface area contributed by atoms with Gasteiger partial charge in [0.15, 0.2) is 5.69 Å². The average Bonchev–Trinajstić information content (AvgIpc) is 3.02. The number of anilines is 1. The fraction of sp³-hybridized carbons (Fsp3) is 0.476. The molecule has 0 aliphatic carbocycles. The van der Waals surface area contributed by atoms with Gasteiger partial charge in [0, 0.05) is 22.9 Å². The molecule has 0 fully saturated rings. The topological polar surface area (TPSA) is 67.2 Å². The largest absolute Gasteiger partial charge is 0.331 e. The van der Waals surface area contributed by atoms with E-state index in [1.807, 2.05) is 35.9 Å². The molecule has 1 aromatic carbocycles. The summed E-state index contributed by atoms with van der Waals surface area (Å²) >= 11 is 3.40. The van der Waals surface area contributed by atoms with Crippen LogP contribution in [0.25, 0.3) is 0 Å². The highest BCUT2D eigenvalue weighted by atomic mass is 79.9. The number of halogens is 1. The number of benzene rings is 1. The van der Waals surface area contributed by atoms with Crippen LogP contribution in [-0.4, -0.2) is 40.1 Å². The van der Waals surface area contributed by atoms with Gasteiger partial charge in [0.2, 0.25) is 5.91 Å². The second-order valence-corrected chi connectivity index (χ2v) is 9.28. The standard InChI is InChI=1S/C21H29BrN4O2/c1-13(2)18-11-17(24-26(18)21(4,5)6)20(28)25(7)12-19(27)23-16-9-8-15(22)10-14(16)3/h8-11,13H,12H2,1-7H3,(H,23,27). The van der Waals surface area contributed by atoms with Crippen LogP contribution < -0.4 is 5.32 Å². The number of carbonyl (C=O) groups excluding carboxylic acids is 2. The predicted octanol–water partition coefficient (Wildman–Crippen LogP) is 4.54. The SMILES string of the molecule is Cc1cc(Br)ccc1NC(=O)CN(C)C(=O)c1cc(C(C)C)n(C(C)(C)C)n1. The summed E-state index contributed by atoms with van der Waals surface area (Å²) in [7, 11) is 1.61. The molecule has 0 bridgehead atoms. The molecule has 1 heterocycles. The van der Waals surface area contributed by atoms with Gasteiger partial charge in [-0.25, -0.2) is 0 Å². The van der Waals surface area contributed by atoms with Crippen LogP contribution in [-0.2, 0) is 10.3 Å². The third-order valence-corrected chi connectivity index (χ3v) is 4.87. The van der Waals surface area contributed by atoms with Gasteiger partial charge in [0.05, 0.1) is 12.1 Å². The lowest BCUT2D eigenvalue weighted by molar-refractivity contribution is -0.116. The molecular formula is C21H29BrN4O2. The van der Waals surface area contributed by atoms with E-state index in [4.69, 9.17) is 0 Å². The second kappa shape index (κ2) is 8.47. The summed E-state index contributed by atoms with van der Waals surface area (Å²) in [6.07, 6.45) is 0. The van der Waals surface area contributed by atoms with Crippen LogP contribution in [0.5, 0.6) is 0 Å². The highest BCUT2D eigenvalue weighted by Gasteiger charge is 2.25. The fourth-order valence-corrected chi connectivity index (χ4v) is 3.36. The Morgan fingerprint density at radius 2 is 1.89 bits per heavy atom. The monoisotopic (exact) mass is 448 g/mol. The molecule has 0 aliphatic heterocycles. The van der Waals surface area contributed by atoms with Crippen molar-refractivity contribution in [3.63, 3.8) is 0 Å². The van der Waals surface area contributed by atoms with E-state index in [9.17, 15) is 9.59 Å². The number of hydrogen-bond acceptors (Lipinski definition) is 3. The molecule has 6 nitrogen and oxygen atoms in total. The third-order valence-electron chi connectivity index (χ3n) is 4.37. The third kappa shape index (κ3) is 5.22. The number of likely N-dealkylation sites (N-methyl/N-ethyl adjacent to an activating group) is 1. The van der Waals surface area contributed by atoms with E-state index in [1.54, 1.807) is 7.05 Å². The summed E-state index contributed by atoms with van der Waals surface area (Å²) in [5.41, 5.74) is 2.80. The Bertz CT molecular complexity index is 881. The van der Waals surface area contributed by atoms with Crippen LogP contribution in [0.3, 0.4) is 0 Å². The first-order chi connectivity index (χ1) is 12.9. The Kier molecular flexibility index (Phi) is 6.70. The first-order valence-corrected chi connectivity index (χ1v) is 10.1. The first-order valence-electron chi connectivity index (χ1n) is 9.32. The average molecular weight is 449 g/mol. The van der Waals surface area contributed by atoms with Crippen molar-refractivity contribution in [2.24, 2.45) is 0 Å². The normalized spacial score (nSPS) is 11.6. The Labute approximate surface area is 175 Å². The smallest absolute Gasteiger partial charge is 0.274 e. The number of aryl methyl sites for hydroxylation is 1. The molecule has 0 saturated carbocycles. The Balaban J connectivity index is 2.13. The molecule has 0 spiro atoms. The van der Waals surface area contributed by atoms with E-state index in [0.717, 1.165) is 21.4 Å². The number of carbonyl (C=O) groups is 2. The van der Waals surface area contributed by atoms with Crippen LogP contribution in [0.15, 0.2) is 28.7 Å². The van der Waals surface area contributed by atoms with Crippen molar-refractivity contribution in [1.29, 1.82) is 0 Å². The molecule has 2 rings (SSSR count). The zero-order valence-corrected chi connectivity index (χ0v) is 19.2. The van der Waals surface area contributed by atoms with Gasteiger partial charge in [-0.15, -0.1) is 0 Å². The van der Waals surface area contributed by atoms with Gasteiger partial charge in [-0.3, -0.25) is 14.3 Å². The van der Waals surface area contributed by atoms with Gasteiger partial charge in [-0.1, -0.05) is 29.8 Å². The van der Waals surface area contributed by atoms with Crippen LogP contribution in [0.2, 0.25) is 0 Å². The molecule has 1 aromatic heterocycles. The van der Waals surface area contributed by atoms with Crippen molar-refractivity contribution < 1.29 is 9.59 Å². The molecule has 0 atom stereocenters. The van der Waals surface area contributed by atoms with Gasteiger partial charge >= 0.3 is 0 Å². The fourth-order valence-electron chi connectivity index (χ4n) is 2.89. The minimum Gasteiger partial charge on any atom is -0.331 e. The quantitative estimate of drug-likeness (QED) is 0.729. The molecule has 1 N–H and O–H groups in total.